The highest BCUT2D eigenvalue weighted by Crippen LogP contribution is 2.34. The minimum atomic E-state index is 0.572. The predicted molar refractivity (Wildman–Crippen MR) is 91.2 cm³/mol. The van der Waals surface area contributed by atoms with Crippen LogP contribution in [0.25, 0.3) is 16.9 Å². The lowest BCUT2D eigenvalue weighted by Gasteiger charge is -2.10. The highest BCUT2D eigenvalue weighted by Gasteiger charge is 2.16. The molecule has 120 valence electrons. The zero-order chi connectivity index (χ0) is 16.4. The second kappa shape index (κ2) is 6.30. The zero-order valence-electron chi connectivity index (χ0n) is 13.7. The normalized spacial score (nSPS) is 11.0. The standard InChI is InChI=1S/C18H21N3O2/c1-12-5-4-6-17-20-18(14(9-10-19)21(12)17)13-7-8-15(22-2)16(11-13)23-3/h4-8,11H,9-10,19H2,1-3H3. The number of hydrogen-bond acceptors (Lipinski definition) is 4. The Labute approximate surface area is 135 Å². The molecule has 0 aliphatic heterocycles. The van der Waals surface area contributed by atoms with Crippen LogP contribution < -0.4 is 15.2 Å². The smallest absolute Gasteiger partial charge is 0.161 e. The molecule has 23 heavy (non-hydrogen) atoms. The molecule has 0 radical (unpaired) electrons. The molecule has 5 nitrogen and oxygen atoms in total. The van der Waals surface area contributed by atoms with Gasteiger partial charge < -0.3 is 19.6 Å². The lowest BCUT2D eigenvalue weighted by atomic mass is 10.1. The Morgan fingerprint density at radius 3 is 2.57 bits per heavy atom. The quantitative estimate of drug-likeness (QED) is 0.787. The van der Waals surface area contributed by atoms with Crippen LogP contribution in [-0.2, 0) is 6.42 Å². The zero-order valence-corrected chi connectivity index (χ0v) is 13.7. The van der Waals surface area contributed by atoms with E-state index in [4.69, 9.17) is 20.2 Å². The van der Waals surface area contributed by atoms with E-state index in [1.165, 1.54) is 0 Å². The van der Waals surface area contributed by atoms with Gasteiger partial charge in [0.15, 0.2) is 11.5 Å². The van der Waals surface area contributed by atoms with Gasteiger partial charge in [0.05, 0.1) is 25.6 Å². The van der Waals surface area contributed by atoms with Gasteiger partial charge in [-0.2, -0.15) is 0 Å². The van der Waals surface area contributed by atoms with Gasteiger partial charge in [-0.25, -0.2) is 4.98 Å². The van der Waals surface area contributed by atoms with Crippen LogP contribution >= 0.6 is 0 Å². The molecule has 0 bridgehead atoms. The summed E-state index contributed by atoms with van der Waals surface area (Å²) in [6.07, 6.45) is 0.760. The van der Waals surface area contributed by atoms with Gasteiger partial charge in [-0.3, -0.25) is 0 Å². The van der Waals surface area contributed by atoms with Crippen molar-refractivity contribution < 1.29 is 9.47 Å². The van der Waals surface area contributed by atoms with Gasteiger partial charge >= 0.3 is 0 Å². The molecule has 5 heteroatoms. The lowest BCUT2D eigenvalue weighted by Crippen LogP contribution is -2.07. The van der Waals surface area contributed by atoms with E-state index in [9.17, 15) is 0 Å². The number of ether oxygens (including phenoxy) is 2. The summed E-state index contributed by atoms with van der Waals surface area (Å²) >= 11 is 0. The van der Waals surface area contributed by atoms with Crippen LogP contribution in [0.3, 0.4) is 0 Å². The van der Waals surface area contributed by atoms with Crippen molar-refractivity contribution in [3.05, 3.63) is 47.8 Å². The number of aromatic nitrogens is 2. The number of hydrogen-bond donors (Lipinski definition) is 1. The molecule has 0 saturated heterocycles. The van der Waals surface area contributed by atoms with E-state index in [0.717, 1.165) is 34.7 Å². The lowest BCUT2D eigenvalue weighted by molar-refractivity contribution is 0.355. The molecular weight excluding hydrogens is 290 g/mol. The Morgan fingerprint density at radius 2 is 1.87 bits per heavy atom. The summed E-state index contributed by atoms with van der Waals surface area (Å²) in [4.78, 5) is 4.80. The van der Waals surface area contributed by atoms with E-state index < -0.39 is 0 Å². The third kappa shape index (κ3) is 2.64. The maximum absolute atomic E-state index is 5.82. The largest absolute Gasteiger partial charge is 0.493 e. The highest BCUT2D eigenvalue weighted by atomic mass is 16.5. The van der Waals surface area contributed by atoms with Crippen LogP contribution in [0, 0.1) is 6.92 Å². The Morgan fingerprint density at radius 1 is 1.09 bits per heavy atom. The van der Waals surface area contributed by atoms with Gasteiger partial charge in [0.2, 0.25) is 0 Å². The molecule has 2 aromatic heterocycles. The molecule has 0 amide bonds. The van der Waals surface area contributed by atoms with Crippen LogP contribution in [0.4, 0.5) is 0 Å². The topological polar surface area (TPSA) is 61.8 Å². The molecule has 3 rings (SSSR count). The molecule has 0 spiro atoms. The fraction of sp³-hybridized carbons (Fsp3) is 0.278. The predicted octanol–water partition coefficient (Wildman–Crippen LogP) is 2.83. The Balaban J connectivity index is 2.23. The van der Waals surface area contributed by atoms with Crippen LogP contribution in [0.1, 0.15) is 11.4 Å². The molecule has 2 heterocycles. The summed E-state index contributed by atoms with van der Waals surface area (Å²) in [7, 11) is 3.27. The average Bonchev–Trinajstić information content (AvgIpc) is 2.94. The molecule has 0 saturated carbocycles. The first-order valence-corrected chi connectivity index (χ1v) is 7.59. The number of fused-ring (bicyclic) bond motifs is 1. The minimum absolute atomic E-state index is 0.572. The first-order chi connectivity index (χ1) is 11.2. The fourth-order valence-electron chi connectivity index (χ4n) is 2.91. The van der Waals surface area contributed by atoms with E-state index in [1.807, 2.05) is 30.3 Å². The van der Waals surface area contributed by atoms with Crippen molar-refractivity contribution in [1.82, 2.24) is 9.38 Å². The van der Waals surface area contributed by atoms with Crippen molar-refractivity contribution in [2.75, 3.05) is 20.8 Å². The van der Waals surface area contributed by atoms with E-state index in [0.29, 0.717) is 18.0 Å². The maximum Gasteiger partial charge on any atom is 0.161 e. The number of methoxy groups -OCH3 is 2. The van der Waals surface area contributed by atoms with Crippen molar-refractivity contribution in [3.8, 4) is 22.8 Å². The summed E-state index contributed by atoms with van der Waals surface area (Å²) in [5.41, 5.74) is 10.9. The highest BCUT2D eigenvalue weighted by molar-refractivity contribution is 5.70. The molecule has 0 aliphatic carbocycles. The van der Waals surface area contributed by atoms with Gasteiger partial charge in [-0.05, 0) is 43.8 Å². The second-order valence-corrected chi connectivity index (χ2v) is 5.38. The molecule has 0 atom stereocenters. The summed E-state index contributed by atoms with van der Waals surface area (Å²) in [5.74, 6) is 1.40. The number of imidazole rings is 1. The van der Waals surface area contributed by atoms with Crippen LogP contribution in [-0.4, -0.2) is 30.1 Å². The fourth-order valence-corrected chi connectivity index (χ4v) is 2.91. The first kappa shape index (κ1) is 15.4. The summed E-state index contributed by atoms with van der Waals surface area (Å²) in [6.45, 7) is 2.65. The van der Waals surface area contributed by atoms with Gasteiger partial charge in [0.25, 0.3) is 0 Å². The molecule has 0 aliphatic rings. The third-order valence-electron chi connectivity index (χ3n) is 3.97. The number of nitrogens with two attached hydrogens (primary N) is 1. The van der Waals surface area contributed by atoms with Crippen molar-refractivity contribution in [2.45, 2.75) is 13.3 Å². The van der Waals surface area contributed by atoms with Crippen LogP contribution in [0.15, 0.2) is 36.4 Å². The maximum atomic E-state index is 5.82. The van der Waals surface area contributed by atoms with E-state index >= 15 is 0 Å². The molecule has 2 N–H and O–H groups in total. The number of pyridine rings is 1. The van der Waals surface area contributed by atoms with Crippen molar-refractivity contribution in [1.29, 1.82) is 0 Å². The van der Waals surface area contributed by atoms with Gasteiger partial charge in [-0.15, -0.1) is 0 Å². The van der Waals surface area contributed by atoms with Gasteiger partial charge in [0.1, 0.15) is 5.65 Å². The first-order valence-electron chi connectivity index (χ1n) is 7.59. The average molecular weight is 311 g/mol. The molecular formula is C18H21N3O2. The monoisotopic (exact) mass is 311 g/mol. The summed E-state index contributed by atoms with van der Waals surface area (Å²) in [5, 5.41) is 0. The molecule has 1 aromatic carbocycles. The van der Waals surface area contributed by atoms with E-state index in [-0.39, 0.29) is 0 Å². The summed E-state index contributed by atoms with van der Waals surface area (Å²) < 4.78 is 12.9. The van der Waals surface area contributed by atoms with Crippen molar-refractivity contribution in [3.63, 3.8) is 0 Å². The third-order valence-corrected chi connectivity index (χ3v) is 3.97. The number of benzene rings is 1. The molecule has 0 fully saturated rings. The molecule has 0 unspecified atom stereocenters. The minimum Gasteiger partial charge on any atom is -0.493 e. The van der Waals surface area contributed by atoms with Crippen molar-refractivity contribution in [2.24, 2.45) is 5.73 Å². The second-order valence-electron chi connectivity index (χ2n) is 5.38. The van der Waals surface area contributed by atoms with Crippen LogP contribution in [0.2, 0.25) is 0 Å². The summed E-state index contributed by atoms with van der Waals surface area (Å²) in [6, 6.07) is 12.0. The Kier molecular flexibility index (Phi) is 4.21. The SMILES string of the molecule is COc1ccc(-c2nc3cccc(C)n3c2CCN)cc1OC. The number of aryl methyl sites for hydroxylation is 1. The van der Waals surface area contributed by atoms with Gasteiger partial charge in [-0.1, -0.05) is 6.07 Å². The number of rotatable bonds is 5. The van der Waals surface area contributed by atoms with E-state index in [1.54, 1.807) is 14.2 Å². The van der Waals surface area contributed by atoms with Crippen molar-refractivity contribution >= 4 is 5.65 Å². The Bertz CT molecular complexity index is 840. The Hall–Kier alpha value is -2.53. The van der Waals surface area contributed by atoms with Crippen LogP contribution in [0.5, 0.6) is 11.5 Å². The molecule has 3 aromatic rings. The number of nitrogens with zero attached hydrogens (tertiary/aromatic N) is 2. The van der Waals surface area contributed by atoms with E-state index in [2.05, 4.69) is 17.4 Å². The van der Waals surface area contributed by atoms with Gasteiger partial charge in [0, 0.05) is 17.7 Å².